The molecular weight excluding hydrogens is 518 g/mol. The van der Waals surface area contributed by atoms with Gasteiger partial charge in [0.05, 0.1) is 5.69 Å². The highest BCUT2D eigenvalue weighted by atomic mass is 15.1. The molecule has 0 aromatic heterocycles. The Kier molecular flexibility index (Phi) is 5.77. The van der Waals surface area contributed by atoms with Gasteiger partial charge >= 0.3 is 0 Å². The zero-order valence-electron chi connectivity index (χ0n) is 24.8. The summed E-state index contributed by atoms with van der Waals surface area (Å²) in [7, 11) is 0. The van der Waals surface area contributed by atoms with Gasteiger partial charge in [-0.15, -0.1) is 0 Å². The number of fused-ring (bicyclic) bond motifs is 5. The van der Waals surface area contributed by atoms with Crippen LogP contribution in [0.1, 0.15) is 30.5 Å². The topological polar surface area (TPSA) is 3.24 Å². The summed E-state index contributed by atoms with van der Waals surface area (Å²) >= 11 is 0. The lowest BCUT2D eigenvalue weighted by atomic mass is 9.82. The summed E-state index contributed by atoms with van der Waals surface area (Å²) in [6, 6.07) is 53.5. The van der Waals surface area contributed by atoms with Gasteiger partial charge in [0.1, 0.15) is 0 Å². The first-order valence-corrected chi connectivity index (χ1v) is 15.1. The Balaban J connectivity index is 1.45. The molecule has 0 saturated carbocycles. The highest BCUT2D eigenvalue weighted by Gasteiger charge is 2.36. The fourth-order valence-electron chi connectivity index (χ4n) is 7.23. The predicted octanol–water partition coefficient (Wildman–Crippen LogP) is 11.7. The summed E-state index contributed by atoms with van der Waals surface area (Å²) in [6.45, 7) is 6.93. The summed E-state index contributed by atoms with van der Waals surface area (Å²) in [5, 5.41) is 5.00. The summed E-state index contributed by atoms with van der Waals surface area (Å²) in [5.74, 6) is 0. The zero-order valence-corrected chi connectivity index (χ0v) is 24.8. The maximum atomic E-state index is 2.48. The molecule has 0 N–H and O–H groups in total. The van der Waals surface area contributed by atoms with E-state index in [0.29, 0.717) is 0 Å². The van der Waals surface area contributed by atoms with Crippen molar-refractivity contribution in [1.29, 1.82) is 0 Å². The molecule has 0 fully saturated rings. The minimum absolute atomic E-state index is 0.0822. The van der Waals surface area contributed by atoms with E-state index in [1.54, 1.807) is 0 Å². The first kappa shape index (κ1) is 25.6. The third-order valence-corrected chi connectivity index (χ3v) is 9.39. The third kappa shape index (κ3) is 3.92. The molecule has 7 aromatic rings. The molecule has 0 bridgehead atoms. The van der Waals surface area contributed by atoms with Crippen LogP contribution in [0.2, 0.25) is 0 Å². The Bertz CT molecular complexity index is 2180. The van der Waals surface area contributed by atoms with Gasteiger partial charge in [0.2, 0.25) is 0 Å². The van der Waals surface area contributed by atoms with E-state index in [2.05, 4.69) is 171 Å². The van der Waals surface area contributed by atoms with Gasteiger partial charge in [-0.25, -0.2) is 0 Å². The van der Waals surface area contributed by atoms with Crippen molar-refractivity contribution < 1.29 is 0 Å². The van der Waals surface area contributed by atoms with Crippen molar-refractivity contribution in [2.45, 2.75) is 26.2 Å². The Morgan fingerprint density at radius 2 is 1.09 bits per heavy atom. The van der Waals surface area contributed by atoms with E-state index in [4.69, 9.17) is 0 Å². The number of hydrogen-bond donors (Lipinski definition) is 0. The Morgan fingerprint density at radius 1 is 0.465 bits per heavy atom. The average Bonchev–Trinajstić information content (AvgIpc) is 3.27. The molecule has 206 valence electrons. The van der Waals surface area contributed by atoms with Crippen LogP contribution in [0.25, 0.3) is 43.8 Å². The van der Waals surface area contributed by atoms with Crippen molar-refractivity contribution in [3.8, 4) is 22.3 Å². The van der Waals surface area contributed by atoms with Gasteiger partial charge in [0, 0.05) is 22.4 Å². The molecule has 0 atom stereocenters. The number of anilines is 3. The van der Waals surface area contributed by atoms with Crippen molar-refractivity contribution in [2.24, 2.45) is 0 Å². The first-order chi connectivity index (χ1) is 21.0. The summed E-state index contributed by atoms with van der Waals surface area (Å²) in [6.07, 6.45) is 0. The lowest BCUT2D eigenvalue weighted by Gasteiger charge is -2.31. The largest absolute Gasteiger partial charge is 0.310 e. The van der Waals surface area contributed by atoms with Crippen LogP contribution in [0, 0.1) is 6.92 Å². The molecule has 0 heterocycles. The molecule has 0 aliphatic heterocycles. The Labute approximate surface area is 253 Å². The molecule has 43 heavy (non-hydrogen) atoms. The number of rotatable bonds is 4. The average molecular weight is 552 g/mol. The maximum absolute atomic E-state index is 2.48. The van der Waals surface area contributed by atoms with Crippen LogP contribution < -0.4 is 4.90 Å². The lowest BCUT2D eigenvalue weighted by molar-refractivity contribution is 0.660. The zero-order chi connectivity index (χ0) is 29.1. The van der Waals surface area contributed by atoms with Gasteiger partial charge < -0.3 is 4.90 Å². The van der Waals surface area contributed by atoms with Crippen molar-refractivity contribution >= 4 is 38.6 Å². The van der Waals surface area contributed by atoms with Gasteiger partial charge in [-0.3, -0.25) is 0 Å². The number of para-hydroxylation sites is 1. The molecular formula is C42H33N. The SMILES string of the molecule is Cc1ccccc1N(c1ccc2c(c1)C(C)(C)c1ccccc1-2)c1ccc2ccccc2c1-c1cccc2ccccc12. The van der Waals surface area contributed by atoms with Crippen LogP contribution in [0.4, 0.5) is 17.1 Å². The van der Waals surface area contributed by atoms with E-state index in [0.717, 1.165) is 0 Å². The number of aryl methyl sites for hydroxylation is 1. The molecule has 0 saturated heterocycles. The molecule has 0 radical (unpaired) electrons. The molecule has 1 aliphatic carbocycles. The molecule has 7 aromatic carbocycles. The Morgan fingerprint density at radius 3 is 1.93 bits per heavy atom. The van der Waals surface area contributed by atoms with Crippen LogP contribution in [-0.4, -0.2) is 0 Å². The van der Waals surface area contributed by atoms with Crippen LogP contribution in [-0.2, 0) is 5.41 Å². The monoisotopic (exact) mass is 551 g/mol. The fourth-order valence-corrected chi connectivity index (χ4v) is 7.23. The van der Waals surface area contributed by atoms with Crippen LogP contribution in [0.3, 0.4) is 0 Å². The second-order valence-corrected chi connectivity index (χ2v) is 12.2. The van der Waals surface area contributed by atoms with E-state index < -0.39 is 0 Å². The molecule has 0 spiro atoms. The van der Waals surface area contributed by atoms with Gasteiger partial charge in [-0.05, 0) is 86.1 Å². The first-order valence-electron chi connectivity index (χ1n) is 15.1. The lowest BCUT2D eigenvalue weighted by Crippen LogP contribution is -2.17. The second kappa shape index (κ2) is 9.71. The van der Waals surface area contributed by atoms with E-state index in [1.165, 1.54) is 77.6 Å². The van der Waals surface area contributed by atoms with Crippen molar-refractivity contribution in [2.75, 3.05) is 4.90 Å². The normalized spacial score (nSPS) is 13.2. The Hall–Kier alpha value is -5.14. The van der Waals surface area contributed by atoms with Crippen molar-refractivity contribution in [1.82, 2.24) is 0 Å². The van der Waals surface area contributed by atoms with E-state index in [9.17, 15) is 0 Å². The predicted molar refractivity (Wildman–Crippen MR) is 184 cm³/mol. The van der Waals surface area contributed by atoms with Gasteiger partial charge in [0.25, 0.3) is 0 Å². The maximum Gasteiger partial charge on any atom is 0.0546 e. The summed E-state index contributed by atoms with van der Waals surface area (Å²) in [4.78, 5) is 2.48. The minimum Gasteiger partial charge on any atom is -0.310 e. The molecule has 1 nitrogen and oxygen atoms in total. The molecule has 8 rings (SSSR count). The van der Waals surface area contributed by atoms with Crippen molar-refractivity contribution in [3.05, 3.63) is 162 Å². The third-order valence-electron chi connectivity index (χ3n) is 9.39. The quantitative estimate of drug-likeness (QED) is 0.210. The van der Waals surface area contributed by atoms with Crippen molar-refractivity contribution in [3.63, 3.8) is 0 Å². The number of hydrogen-bond acceptors (Lipinski definition) is 1. The fraction of sp³-hybridized carbons (Fsp3) is 0.0952. The highest BCUT2D eigenvalue weighted by Crippen LogP contribution is 2.52. The summed E-state index contributed by atoms with van der Waals surface area (Å²) in [5.41, 5.74) is 12.6. The van der Waals surface area contributed by atoms with E-state index in [1.807, 2.05) is 0 Å². The summed E-state index contributed by atoms with van der Waals surface area (Å²) < 4.78 is 0. The van der Waals surface area contributed by atoms with Gasteiger partial charge in [0.15, 0.2) is 0 Å². The van der Waals surface area contributed by atoms with Gasteiger partial charge in [-0.1, -0.05) is 135 Å². The smallest absolute Gasteiger partial charge is 0.0546 e. The molecule has 1 heteroatoms. The number of benzene rings is 7. The highest BCUT2D eigenvalue weighted by molar-refractivity contribution is 6.11. The van der Waals surface area contributed by atoms with E-state index >= 15 is 0 Å². The van der Waals surface area contributed by atoms with Crippen LogP contribution >= 0.6 is 0 Å². The minimum atomic E-state index is -0.0822. The van der Waals surface area contributed by atoms with Crippen LogP contribution in [0.5, 0.6) is 0 Å². The second-order valence-electron chi connectivity index (χ2n) is 12.2. The van der Waals surface area contributed by atoms with E-state index in [-0.39, 0.29) is 5.41 Å². The molecule has 0 unspecified atom stereocenters. The van der Waals surface area contributed by atoms with Gasteiger partial charge in [-0.2, -0.15) is 0 Å². The van der Waals surface area contributed by atoms with Crippen LogP contribution in [0.15, 0.2) is 146 Å². The molecule has 0 amide bonds. The molecule has 1 aliphatic rings. The number of nitrogens with zero attached hydrogens (tertiary/aromatic N) is 1. The standard InChI is InChI=1S/C42H33N/c1-28-13-4-11-22-39(28)43(31-24-25-35-34-19-9-10-21-37(34)42(2,3)38(35)27-31)40-26-23-30-15-6-8-18-33(30)41(40)36-20-12-16-29-14-5-7-17-32(29)36/h4-27H,1-3H3.